The zero-order chi connectivity index (χ0) is 10.8. The second-order valence-electron chi connectivity index (χ2n) is 2.91. The van der Waals surface area contributed by atoms with Gasteiger partial charge in [-0.2, -0.15) is 8.42 Å². The second-order valence-corrected chi connectivity index (χ2v) is 4.30. The summed E-state index contributed by atoms with van der Waals surface area (Å²) in [6.07, 6.45) is 0.729. The molecule has 0 aliphatic rings. The molecule has 0 radical (unpaired) electrons. The lowest BCUT2D eigenvalue weighted by Crippen LogP contribution is -2.04. The summed E-state index contributed by atoms with van der Waals surface area (Å²) in [5, 5.41) is 2.71. The molecule has 0 saturated heterocycles. The highest BCUT2D eigenvalue weighted by molar-refractivity contribution is 7.86. The van der Waals surface area contributed by atoms with Crippen LogP contribution in [-0.4, -0.2) is 20.0 Å². The van der Waals surface area contributed by atoms with Crippen LogP contribution in [0.1, 0.15) is 12.5 Å². The van der Waals surface area contributed by atoms with Crippen LogP contribution in [0, 0.1) is 0 Å². The fourth-order valence-corrected chi connectivity index (χ4v) is 1.95. The quantitative estimate of drug-likeness (QED) is 0.750. The smallest absolute Gasteiger partial charge is 0.296 e. The molecule has 0 heterocycles. The second kappa shape index (κ2) is 3.98. The minimum atomic E-state index is -4.14. The molecule has 78 valence electrons. The first-order chi connectivity index (χ1) is 6.49. The molecule has 1 aromatic carbocycles. The van der Waals surface area contributed by atoms with E-state index >= 15 is 0 Å². The standard InChI is InChI=1S/C9H13NO3S/c1-3-7-4-5-8(10-2)9(6-7)14(11,12)13/h4-6,10H,3H2,1-2H3,(H,11,12,13). The van der Waals surface area contributed by atoms with E-state index in [1.54, 1.807) is 13.1 Å². The Morgan fingerprint density at radius 1 is 1.43 bits per heavy atom. The van der Waals surface area contributed by atoms with Crippen LogP contribution in [0.15, 0.2) is 23.1 Å². The van der Waals surface area contributed by atoms with Crippen molar-refractivity contribution < 1.29 is 13.0 Å². The summed E-state index contributed by atoms with van der Waals surface area (Å²) in [6, 6.07) is 4.93. The molecule has 0 aliphatic carbocycles. The normalized spacial score (nSPS) is 11.4. The molecule has 5 heteroatoms. The summed E-state index contributed by atoms with van der Waals surface area (Å²) in [5.41, 5.74) is 1.28. The Morgan fingerprint density at radius 3 is 2.50 bits per heavy atom. The van der Waals surface area contributed by atoms with Crippen molar-refractivity contribution in [2.75, 3.05) is 12.4 Å². The molecule has 0 amide bonds. The number of hydrogen-bond donors (Lipinski definition) is 2. The third-order valence-electron chi connectivity index (χ3n) is 2.00. The maximum absolute atomic E-state index is 11.0. The molecule has 0 aromatic heterocycles. The summed E-state index contributed by atoms with van der Waals surface area (Å²) in [6.45, 7) is 1.92. The highest BCUT2D eigenvalue weighted by Crippen LogP contribution is 2.22. The Balaban J connectivity index is 3.37. The van der Waals surface area contributed by atoms with Crippen LogP contribution in [0.2, 0.25) is 0 Å². The van der Waals surface area contributed by atoms with Gasteiger partial charge in [-0.25, -0.2) is 0 Å². The topological polar surface area (TPSA) is 66.4 Å². The molecule has 14 heavy (non-hydrogen) atoms. The van der Waals surface area contributed by atoms with Crippen molar-refractivity contribution in [3.63, 3.8) is 0 Å². The van der Waals surface area contributed by atoms with Gasteiger partial charge in [-0.1, -0.05) is 13.0 Å². The Kier molecular flexibility index (Phi) is 3.13. The number of nitrogens with one attached hydrogen (secondary N) is 1. The summed E-state index contributed by atoms with van der Waals surface area (Å²) >= 11 is 0. The van der Waals surface area contributed by atoms with Crippen molar-refractivity contribution in [1.29, 1.82) is 0 Å². The summed E-state index contributed by atoms with van der Waals surface area (Å²) in [5.74, 6) is 0. The number of anilines is 1. The van der Waals surface area contributed by atoms with Crippen molar-refractivity contribution in [3.05, 3.63) is 23.8 Å². The minimum Gasteiger partial charge on any atom is -0.387 e. The molecule has 1 rings (SSSR count). The van der Waals surface area contributed by atoms with Crippen LogP contribution in [0.3, 0.4) is 0 Å². The molecule has 1 aromatic rings. The summed E-state index contributed by atoms with van der Waals surface area (Å²) in [4.78, 5) is -0.0700. The molecule has 0 spiro atoms. The van der Waals surface area contributed by atoms with E-state index in [9.17, 15) is 8.42 Å². The lowest BCUT2D eigenvalue weighted by Gasteiger charge is -2.07. The van der Waals surface area contributed by atoms with E-state index in [4.69, 9.17) is 4.55 Å². The Morgan fingerprint density at radius 2 is 2.07 bits per heavy atom. The predicted octanol–water partition coefficient (Wildman–Crippen LogP) is 1.54. The van der Waals surface area contributed by atoms with E-state index in [1.165, 1.54) is 6.07 Å². The fourth-order valence-electron chi connectivity index (χ4n) is 1.21. The van der Waals surface area contributed by atoms with Gasteiger partial charge in [0.15, 0.2) is 0 Å². The average Bonchev–Trinajstić information content (AvgIpc) is 2.15. The molecule has 0 bridgehead atoms. The predicted molar refractivity (Wildman–Crippen MR) is 55.2 cm³/mol. The Labute approximate surface area is 83.7 Å². The molecule has 0 fully saturated rings. The van der Waals surface area contributed by atoms with Crippen LogP contribution in [0.5, 0.6) is 0 Å². The van der Waals surface area contributed by atoms with E-state index in [-0.39, 0.29) is 4.90 Å². The van der Waals surface area contributed by atoms with Gasteiger partial charge in [0.1, 0.15) is 4.90 Å². The maximum Gasteiger partial charge on any atom is 0.296 e. The lowest BCUT2D eigenvalue weighted by molar-refractivity contribution is 0.483. The minimum absolute atomic E-state index is 0.0700. The average molecular weight is 215 g/mol. The highest BCUT2D eigenvalue weighted by Gasteiger charge is 2.14. The Hall–Kier alpha value is -1.07. The number of hydrogen-bond acceptors (Lipinski definition) is 3. The summed E-state index contributed by atoms with van der Waals surface area (Å²) in [7, 11) is -2.53. The summed E-state index contributed by atoms with van der Waals surface area (Å²) < 4.78 is 30.9. The first kappa shape index (κ1) is 11.0. The molecular formula is C9H13NO3S. The van der Waals surface area contributed by atoms with Gasteiger partial charge in [0.2, 0.25) is 0 Å². The molecule has 0 saturated carbocycles. The van der Waals surface area contributed by atoms with Crippen LogP contribution in [-0.2, 0) is 16.5 Å². The van der Waals surface area contributed by atoms with Gasteiger partial charge in [0, 0.05) is 7.05 Å². The number of rotatable bonds is 3. The van der Waals surface area contributed by atoms with Gasteiger partial charge in [0.05, 0.1) is 5.69 Å². The van der Waals surface area contributed by atoms with E-state index in [2.05, 4.69) is 5.32 Å². The van der Waals surface area contributed by atoms with Crippen molar-refractivity contribution >= 4 is 15.8 Å². The van der Waals surface area contributed by atoms with Crippen molar-refractivity contribution in [3.8, 4) is 0 Å². The highest BCUT2D eigenvalue weighted by atomic mass is 32.2. The molecule has 2 N–H and O–H groups in total. The van der Waals surface area contributed by atoms with E-state index in [0.717, 1.165) is 12.0 Å². The Bertz CT molecular complexity index is 426. The van der Waals surface area contributed by atoms with Crippen LogP contribution < -0.4 is 5.32 Å². The first-order valence-corrected chi connectivity index (χ1v) is 5.71. The molecule has 0 unspecified atom stereocenters. The van der Waals surface area contributed by atoms with Gasteiger partial charge < -0.3 is 5.32 Å². The zero-order valence-corrected chi connectivity index (χ0v) is 8.93. The van der Waals surface area contributed by atoms with E-state index < -0.39 is 10.1 Å². The fraction of sp³-hybridized carbons (Fsp3) is 0.333. The van der Waals surface area contributed by atoms with Gasteiger partial charge in [-0.15, -0.1) is 0 Å². The molecular weight excluding hydrogens is 202 g/mol. The van der Waals surface area contributed by atoms with Crippen molar-refractivity contribution in [2.45, 2.75) is 18.2 Å². The molecule has 4 nitrogen and oxygen atoms in total. The SMILES string of the molecule is CCc1ccc(NC)c(S(=O)(=O)O)c1. The van der Waals surface area contributed by atoms with Gasteiger partial charge in [-0.05, 0) is 24.1 Å². The van der Waals surface area contributed by atoms with Crippen LogP contribution >= 0.6 is 0 Å². The van der Waals surface area contributed by atoms with Crippen LogP contribution in [0.25, 0.3) is 0 Å². The van der Waals surface area contributed by atoms with E-state index in [0.29, 0.717) is 5.69 Å². The lowest BCUT2D eigenvalue weighted by atomic mass is 10.1. The van der Waals surface area contributed by atoms with Crippen molar-refractivity contribution in [2.24, 2.45) is 0 Å². The molecule has 0 aliphatic heterocycles. The van der Waals surface area contributed by atoms with Gasteiger partial charge in [-0.3, -0.25) is 4.55 Å². The van der Waals surface area contributed by atoms with Crippen molar-refractivity contribution in [1.82, 2.24) is 0 Å². The maximum atomic E-state index is 11.0. The molecule has 0 atom stereocenters. The number of aryl methyl sites for hydroxylation is 1. The van der Waals surface area contributed by atoms with Gasteiger partial charge in [0.25, 0.3) is 10.1 Å². The third kappa shape index (κ3) is 2.24. The van der Waals surface area contributed by atoms with Crippen LogP contribution in [0.4, 0.5) is 5.69 Å². The first-order valence-electron chi connectivity index (χ1n) is 4.27. The zero-order valence-electron chi connectivity index (χ0n) is 8.11. The van der Waals surface area contributed by atoms with Gasteiger partial charge >= 0.3 is 0 Å². The largest absolute Gasteiger partial charge is 0.387 e. The van der Waals surface area contributed by atoms with E-state index in [1.807, 2.05) is 13.0 Å². The monoisotopic (exact) mass is 215 g/mol. The third-order valence-corrected chi connectivity index (χ3v) is 2.90. The number of benzene rings is 1.